The number of aliphatic hydroxyl groups is 1. The lowest BCUT2D eigenvalue weighted by Gasteiger charge is -2.24. The number of rotatable bonds is 3. The summed E-state index contributed by atoms with van der Waals surface area (Å²) in [5, 5.41) is 12.8. The standard InChI is InChI=1S/C10H17NO/c1-8(11-2)10(12)9-6-4-3-5-7-9/h4-12H,3H2,1-2H3/t8-,10?/m0/s1. The van der Waals surface area contributed by atoms with E-state index in [2.05, 4.69) is 29.6 Å². The Balaban J connectivity index is 2.50. The lowest BCUT2D eigenvalue weighted by atomic mass is 9.93. The molecular weight excluding hydrogens is 150 g/mol. The molecule has 0 fully saturated rings. The Bertz CT molecular complexity index is 174. The van der Waals surface area contributed by atoms with Crippen molar-refractivity contribution in [1.29, 1.82) is 0 Å². The third-order valence-corrected chi connectivity index (χ3v) is 2.35. The first-order valence-electron chi connectivity index (χ1n) is 4.44. The minimum Gasteiger partial charge on any atom is -0.391 e. The number of aliphatic hydroxyl groups excluding tert-OH is 1. The van der Waals surface area contributed by atoms with Gasteiger partial charge in [0.1, 0.15) is 0 Å². The second-order valence-electron chi connectivity index (χ2n) is 3.24. The van der Waals surface area contributed by atoms with E-state index in [-0.39, 0.29) is 18.1 Å². The van der Waals surface area contributed by atoms with Crippen molar-refractivity contribution in [1.82, 2.24) is 5.32 Å². The molecular formula is C10H17NO. The first-order chi connectivity index (χ1) is 5.75. The average Bonchev–Trinajstić information content (AvgIpc) is 2.17. The van der Waals surface area contributed by atoms with E-state index < -0.39 is 0 Å². The van der Waals surface area contributed by atoms with Crippen molar-refractivity contribution in [2.75, 3.05) is 7.05 Å². The highest BCUT2D eigenvalue weighted by Gasteiger charge is 2.19. The van der Waals surface area contributed by atoms with E-state index in [4.69, 9.17) is 0 Å². The van der Waals surface area contributed by atoms with Crippen molar-refractivity contribution in [2.24, 2.45) is 5.92 Å². The van der Waals surface area contributed by atoms with Gasteiger partial charge in [0.05, 0.1) is 6.10 Å². The van der Waals surface area contributed by atoms with E-state index in [1.54, 1.807) is 0 Å². The zero-order chi connectivity index (χ0) is 8.97. The largest absolute Gasteiger partial charge is 0.391 e. The summed E-state index contributed by atoms with van der Waals surface area (Å²) in [6, 6.07) is 0.141. The predicted octanol–water partition coefficient (Wildman–Crippen LogP) is 1.09. The minimum absolute atomic E-state index is 0.141. The molecule has 0 aromatic heterocycles. The van der Waals surface area contributed by atoms with Gasteiger partial charge in [0.15, 0.2) is 0 Å². The molecule has 0 amide bonds. The van der Waals surface area contributed by atoms with E-state index in [9.17, 15) is 5.11 Å². The topological polar surface area (TPSA) is 32.3 Å². The summed E-state index contributed by atoms with van der Waals surface area (Å²) in [6.45, 7) is 1.99. The van der Waals surface area contributed by atoms with Crippen LogP contribution in [0.2, 0.25) is 0 Å². The number of allylic oxidation sites excluding steroid dienone is 2. The summed E-state index contributed by atoms with van der Waals surface area (Å²) in [7, 11) is 1.87. The maximum Gasteiger partial charge on any atom is 0.0787 e. The van der Waals surface area contributed by atoms with Crippen LogP contribution in [0.4, 0.5) is 0 Å². The van der Waals surface area contributed by atoms with E-state index in [1.165, 1.54) is 0 Å². The fraction of sp³-hybridized carbons (Fsp3) is 0.600. The van der Waals surface area contributed by atoms with Crippen molar-refractivity contribution in [3.63, 3.8) is 0 Å². The highest BCUT2D eigenvalue weighted by atomic mass is 16.3. The van der Waals surface area contributed by atoms with E-state index in [0.29, 0.717) is 0 Å². The first kappa shape index (κ1) is 9.49. The lowest BCUT2D eigenvalue weighted by molar-refractivity contribution is 0.113. The molecule has 2 heteroatoms. The number of likely N-dealkylation sites (N-methyl/N-ethyl adjacent to an activating group) is 1. The van der Waals surface area contributed by atoms with Gasteiger partial charge >= 0.3 is 0 Å². The molecule has 0 heterocycles. The summed E-state index contributed by atoms with van der Waals surface area (Å²) in [4.78, 5) is 0. The number of hydrogen-bond donors (Lipinski definition) is 2. The fourth-order valence-electron chi connectivity index (χ4n) is 1.35. The molecule has 0 saturated heterocycles. The van der Waals surface area contributed by atoms with Crippen LogP contribution < -0.4 is 5.32 Å². The Kier molecular flexibility index (Phi) is 3.50. The zero-order valence-corrected chi connectivity index (χ0v) is 7.70. The van der Waals surface area contributed by atoms with Crippen molar-refractivity contribution in [2.45, 2.75) is 25.5 Å². The molecule has 2 atom stereocenters. The molecule has 0 aliphatic heterocycles. The Morgan fingerprint density at radius 3 is 2.50 bits per heavy atom. The van der Waals surface area contributed by atoms with Gasteiger partial charge in [0.2, 0.25) is 0 Å². The minimum atomic E-state index is -0.317. The molecule has 0 saturated carbocycles. The van der Waals surface area contributed by atoms with Gasteiger partial charge in [-0.05, 0) is 20.4 Å². The van der Waals surface area contributed by atoms with Crippen LogP contribution in [0, 0.1) is 5.92 Å². The summed E-state index contributed by atoms with van der Waals surface area (Å²) in [5.41, 5.74) is 0. The van der Waals surface area contributed by atoms with Crippen molar-refractivity contribution >= 4 is 0 Å². The summed E-state index contributed by atoms with van der Waals surface area (Å²) in [6.07, 6.45) is 9.00. The van der Waals surface area contributed by atoms with Crippen LogP contribution in [0.25, 0.3) is 0 Å². The van der Waals surface area contributed by atoms with Crippen molar-refractivity contribution in [3.8, 4) is 0 Å². The summed E-state index contributed by atoms with van der Waals surface area (Å²) < 4.78 is 0. The van der Waals surface area contributed by atoms with Crippen molar-refractivity contribution < 1.29 is 5.11 Å². The molecule has 1 aliphatic rings. The molecule has 2 nitrogen and oxygen atoms in total. The molecule has 2 N–H and O–H groups in total. The maximum absolute atomic E-state index is 9.78. The van der Waals surface area contributed by atoms with Crippen LogP contribution in [0.3, 0.4) is 0 Å². The Morgan fingerprint density at radius 1 is 1.42 bits per heavy atom. The van der Waals surface area contributed by atoms with Gasteiger partial charge in [-0.2, -0.15) is 0 Å². The molecule has 0 spiro atoms. The Morgan fingerprint density at radius 2 is 2.00 bits per heavy atom. The molecule has 0 aromatic rings. The van der Waals surface area contributed by atoms with Gasteiger partial charge in [-0.25, -0.2) is 0 Å². The normalized spacial score (nSPS) is 22.6. The fourth-order valence-corrected chi connectivity index (χ4v) is 1.35. The molecule has 0 aromatic carbocycles. The lowest BCUT2D eigenvalue weighted by Crippen LogP contribution is -2.38. The van der Waals surface area contributed by atoms with E-state index >= 15 is 0 Å². The van der Waals surface area contributed by atoms with Crippen LogP contribution in [0.15, 0.2) is 24.3 Å². The maximum atomic E-state index is 9.78. The van der Waals surface area contributed by atoms with Crippen LogP contribution in [0.1, 0.15) is 13.3 Å². The second kappa shape index (κ2) is 4.43. The Labute approximate surface area is 74.0 Å². The van der Waals surface area contributed by atoms with Gasteiger partial charge in [-0.15, -0.1) is 0 Å². The Hall–Kier alpha value is -0.600. The molecule has 0 radical (unpaired) electrons. The van der Waals surface area contributed by atoms with Gasteiger partial charge in [-0.3, -0.25) is 0 Å². The highest BCUT2D eigenvalue weighted by molar-refractivity contribution is 5.11. The zero-order valence-electron chi connectivity index (χ0n) is 7.70. The predicted molar refractivity (Wildman–Crippen MR) is 50.9 cm³/mol. The van der Waals surface area contributed by atoms with E-state index in [0.717, 1.165) is 6.42 Å². The summed E-state index contributed by atoms with van der Waals surface area (Å²) in [5.74, 6) is 0.182. The van der Waals surface area contributed by atoms with Gasteiger partial charge in [-0.1, -0.05) is 24.3 Å². The third-order valence-electron chi connectivity index (χ3n) is 2.35. The average molecular weight is 167 g/mol. The number of hydrogen-bond acceptors (Lipinski definition) is 2. The molecule has 1 aliphatic carbocycles. The van der Waals surface area contributed by atoms with Crippen molar-refractivity contribution in [3.05, 3.63) is 24.3 Å². The van der Waals surface area contributed by atoms with Gasteiger partial charge in [0, 0.05) is 12.0 Å². The molecule has 1 rings (SSSR count). The first-order valence-corrected chi connectivity index (χ1v) is 4.44. The summed E-state index contributed by atoms with van der Waals surface area (Å²) >= 11 is 0. The van der Waals surface area contributed by atoms with Crippen LogP contribution in [0.5, 0.6) is 0 Å². The van der Waals surface area contributed by atoms with E-state index in [1.807, 2.05) is 14.0 Å². The third kappa shape index (κ3) is 2.19. The second-order valence-corrected chi connectivity index (χ2v) is 3.24. The quantitative estimate of drug-likeness (QED) is 0.617. The number of nitrogens with one attached hydrogen (secondary N) is 1. The molecule has 12 heavy (non-hydrogen) atoms. The molecule has 0 bridgehead atoms. The van der Waals surface area contributed by atoms with Crippen LogP contribution in [-0.4, -0.2) is 24.3 Å². The van der Waals surface area contributed by atoms with Crippen LogP contribution in [-0.2, 0) is 0 Å². The van der Waals surface area contributed by atoms with Crippen LogP contribution >= 0.6 is 0 Å². The van der Waals surface area contributed by atoms with Gasteiger partial charge < -0.3 is 10.4 Å². The SMILES string of the molecule is CN[C@@H](C)C(O)C1C=CCC=C1. The monoisotopic (exact) mass is 167 g/mol. The smallest absolute Gasteiger partial charge is 0.0787 e. The highest BCUT2D eigenvalue weighted by Crippen LogP contribution is 2.15. The molecule has 68 valence electrons. The molecule has 1 unspecified atom stereocenters. The van der Waals surface area contributed by atoms with Gasteiger partial charge in [0.25, 0.3) is 0 Å².